The topological polar surface area (TPSA) is 66.0 Å². The Hall–Kier alpha value is -2.29. The van der Waals surface area contributed by atoms with Gasteiger partial charge in [0.25, 0.3) is 0 Å². The van der Waals surface area contributed by atoms with Crippen LogP contribution in [0.25, 0.3) is 0 Å². The van der Waals surface area contributed by atoms with Gasteiger partial charge in [-0.1, -0.05) is 48.5 Å². The van der Waals surface area contributed by atoms with E-state index in [1.165, 1.54) is 5.56 Å². The Morgan fingerprint density at radius 2 is 1.87 bits per heavy atom. The van der Waals surface area contributed by atoms with Crippen molar-refractivity contribution in [1.29, 1.82) is 0 Å². The van der Waals surface area contributed by atoms with Gasteiger partial charge in [-0.25, -0.2) is 4.99 Å². The fourth-order valence-corrected chi connectivity index (χ4v) is 3.70. The number of nitrogens with zero attached hydrogens (tertiary/aromatic N) is 2. The fraction of sp³-hybridized carbons (Fsp3) is 0.417. The van der Waals surface area contributed by atoms with Crippen LogP contribution in [0.2, 0.25) is 0 Å². The Balaban J connectivity index is 0.00000341. The molecule has 1 atom stereocenters. The monoisotopic (exact) mass is 536 g/mol. The standard InChI is InChI=1S/C24H32N4O2.HI/c1-3-25-24(27-17-21-11-7-8-12-22(21)30-2)26-16-20-15-23(29)28(18-20)14-13-19-9-5-4-6-10-19;/h4-12,20H,3,13-18H2,1-2H3,(H2,25,26,27);1H. The number of likely N-dealkylation sites (tertiary alicyclic amines) is 1. The first kappa shape index (κ1) is 25.0. The van der Waals surface area contributed by atoms with Crippen LogP contribution in [0.4, 0.5) is 0 Å². The summed E-state index contributed by atoms with van der Waals surface area (Å²) in [5.74, 6) is 2.14. The molecule has 1 unspecified atom stereocenters. The molecule has 1 heterocycles. The first-order valence-corrected chi connectivity index (χ1v) is 10.7. The minimum atomic E-state index is 0. The summed E-state index contributed by atoms with van der Waals surface area (Å²) in [6, 6.07) is 18.2. The van der Waals surface area contributed by atoms with Crippen molar-refractivity contribution >= 4 is 35.8 Å². The molecule has 7 heteroatoms. The highest BCUT2D eigenvalue weighted by Gasteiger charge is 2.29. The Labute approximate surface area is 202 Å². The number of carbonyl (C=O) groups excluding carboxylic acids is 1. The lowest BCUT2D eigenvalue weighted by atomic mass is 10.1. The Morgan fingerprint density at radius 3 is 2.61 bits per heavy atom. The molecule has 2 aromatic carbocycles. The maximum atomic E-state index is 12.4. The van der Waals surface area contributed by atoms with Crippen LogP contribution in [-0.2, 0) is 17.8 Å². The largest absolute Gasteiger partial charge is 0.496 e. The molecular formula is C24H33IN4O2. The van der Waals surface area contributed by atoms with Gasteiger partial charge in [0, 0.05) is 44.1 Å². The molecule has 3 rings (SSSR count). The molecule has 0 bridgehead atoms. The highest BCUT2D eigenvalue weighted by Crippen LogP contribution is 2.19. The van der Waals surface area contributed by atoms with Crippen molar-refractivity contribution in [2.75, 3.05) is 33.3 Å². The lowest BCUT2D eigenvalue weighted by Crippen LogP contribution is -2.40. The van der Waals surface area contributed by atoms with E-state index in [9.17, 15) is 4.79 Å². The number of guanidine groups is 1. The molecule has 1 aliphatic heterocycles. The van der Waals surface area contributed by atoms with E-state index in [1.807, 2.05) is 54.3 Å². The SMILES string of the molecule is CCNC(=NCc1ccccc1OC)NCC1CC(=O)N(CCc2ccccc2)C1.I. The van der Waals surface area contributed by atoms with Gasteiger partial charge < -0.3 is 20.3 Å². The minimum absolute atomic E-state index is 0. The molecule has 1 saturated heterocycles. The number of aliphatic imine (C=N–C) groups is 1. The Morgan fingerprint density at radius 1 is 1.13 bits per heavy atom. The molecule has 168 valence electrons. The number of nitrogens with one attached hydrogen (secondary N) is 2. The van der Waals surface area contributed by atoms with Crippen molar-refractivity contribution in [1.82, 2.24) is 15.5 Å². The molecule has 0 spiro atoms. The molecule has 6 nitrogen and oxygen atoms in total. The summed E-state index contributed by atoms with van der Waals surface area (Å²) in [4.78, 5) is 19.1. The number of para-hydroxylation sites is 1. The van der Waals surface area contributed by atoms with Gasteiger partial charge in [-0.2, -0.15) is 0 Å². The summed E-state index contributed by atoms with van der Waals surface area (Å²) in [7, 11) is 1.67. The summed E-state index contributed by atoms with van der Waals surface area (Å²) in [5, 5.41) is 6.69. The number of rotatable bonds is 9. The van der Waals surface area contributed by atoms with E-state index in [0.717, 1.165) is 49.9 Å². The summed E-state index contributed by atoms with van der Waals surface area (Å²) < 4.78 is 5.40. The molecule has 0 radical (unpaired) electrons. The Kier molecular flexibility index (Phi) is 10.6. The summed E-state index contributed by atoms with van der Waals surface area (Å²) >= 11 is 0. The van der Waals surface area contributed by atoms with E-state index < -0.39 is 0 Å². The highest BCUT2D eigenvalue weighted by atomic mass is 127. The molecule has 1 amide bonds. The average Bonchev–Trinajstić information content (AvgIpc) is 3.14. The Bertz CT molecular complexity index is 844. The van der Waals surface area contributed by atoms with E-state index >= 15 is 0 Å². The van der Waals surface area contributed by atoms with Gasteiger partial charge in [0.15, 0.2) is 5.96 Å². The maximum absolute atomic E-state index is 12.4. The fourth-order valence-electron chi connectivity index (χ4n) is 3.70. The van der Waals surface area contributed by atoms with Gasteiger partial charge in [-0.3, -0.25) is 4.79 Å². The van der Waals surface area contributed by atoms with Crippen molar-refractivity contribution < 1.29 is 9.53 Å². The molecule has 2 aromatic rings. The second-order valence-electron chi connectivity index (χ2n) is 7.53. The second kappa shape index (κ2) is 13.2. The first-order valence-electron chi connectivity index (χ1n) is 10.7. The van der Waals surface area contributed by atoms with Crippen LogP contribution >= 0.6 is 24.0 Å². The van der Waals surface area contributed by atoms with Crippen LogP contribution in [0, 0.1) is 5.92 Å². The van der Waals surface area contributed by atoms with Gasteiger partial charge >= 0.3 is 0 Å². The average molecular weight is 536 g/mol. The maximum Gasteiger partial charge on any atom is 0.223 e. The van der Waals surface area contributed by atoms with Gasteiger partial charge in [0.1, 0.15) is 5.75 Å². The summed E-state index contributed by atoms with van der Waals surface area (Å²) in [6.45, 7) is 5.67. The minimum Gasteiger partial charge on any atom is -0.496 e. The van der Waals surface area contributed by atoms with E-state index in [4.69, 9.17) is 4.74 Å². The van der Waals surface area contributed by atoms with Crippen LogP contribution in [0.1, 0.15) is 24.5 Å². The molecule has 1 aliphatic rings. The van der Waals surface area contributed by atoms with Crippen LogP contribution < -0.4 is 15.4 Å². The zero-order valence-electron chi connectivity index (χ0n) is 18.3. The van der Waals surface area contributed by atoms with Gasteiger partial charge in [-0.15, -0.1) is 24.0 Å². The number of hydrogen-bond acceptors (Lipinski definition) is 3. The summed E-state index contributed by atoms with van der Waals surface area (Å²) in [5.41, 5.74) is 2.31. The van der Waals surface area contributed by atoms with E-state index in [0.29, 0.717) is 18.9 Å². The normalized spacial score (nSPS) is 16.1. The molecule has 0 aromatic heterocycles. The molecular weight excluding hydrogens is 503 g/mol. The van der Waals surface area contributed by atoms with Gasteiger partial charge in [0.05, 0.1) is 13.7 Å². The summed E-state index contributed by atoms with van der Waals surface area (Å²) in [6.07, 6.45) is 1.49. The third-order valence-electron chi connectivity index (χ3n) is 5.31. The first-order chi connectivity index (χ1) is 14.7. The molecule has 1 fully saturated rings. The highest BCUT2D eigenvalue weighted by molar-refractivity contribution is 14.0. The number of amides is 1. The van der Waals surface area contributed by atoms with E-state index in [-0.39, 0.29) is 29.9 Å². The third-order valence-corrected chi connectivity index (χ3v) is 5.31. The molecule has 2 N–H and O–H groups in total. The van der Waals surface area contributed by atoms with Crippen molar-refractivity contribution in [2.24, 2.45) is 10.9 Å². The number of halogens is 1. The smallest absolute Gasteiger partial charge is 0.223 e. The van der Waals surface area contributed by atoms with Crippen LogP contribution in [-0.4, -0.2) is 50.1 Å². The van der Waals surface area contributed by atoms with E-state index in [2.05, 4.69) is 27.8 Å². The molecule has 0 aliphatic carbocycles. The van der Waals surface area contributed by atoms with Crippen molar-refractivity contribution in [3.63, 3.8) is 0 Å². The number of carbonyl (C=O) groups is 1. The predicted octanol–water partition coefficient (Wildman–Crippen LogP) is 3.46. The number of ether oxygens (including phenoxy) is 1. The zero-order chi connectivity index (χ0) is 21.2. The van der Waals surface area contributed by atoms with Gasteiger partial charge in [0.2, 0.25) is 5.91 Å². The molecule has 31 heavy (non-hydrogen) atoms. The number of hydrogen-bond donors (Lipinski definition) is 2. The van der Waals surface area contributed by atoms with Crippen molar-refractivity contribution in [2.45, 2.75) is 26.3 Å². The van der Waals surface area contributed by atoms with Gasteiger partial charge in [-0.05, 0) is 25.0 Å². The van der Waals surface area contributed by atoms with Crippen LogP contribution in [0.5, 0.6) is 5.75 Å². The quantitative estimate of drug-likeness (QED) is 0.293. The number of benzene rings is 2. The van der Waals surface area contributed by atoms with Crippen LogP contribution in [0.3, 0.4) is 0 Å². The van der Waals surface area contributed by atoms with Crippen molar-refractivity contribution in [3.05, 3.63) is 65.7 Å². The number of methoxy groups -OCH3 is 1. The molecule has 0 saturated carbocycles. The predicted molar refractivity (Wildman–Crippen MR) is 136 cm³/mol. The zero-order valence-corrected chi connectivity index (χ0v) is 20.7. The van der Waals surface area contributed by atoms with Crippen molar-refractivity contribution in [3.8, 4) is 5.75 Å². The second-order valence-corrected chi connectivity index (χ2v) is 7.53. The lowest BCUT2D eigenvalue weighted by Gasteiger charge is -2.18. The van der Waals surface area contributed by atoms with E-state index in [1.54, 1.807) is 7.11 Å². The van der Waals surface area contributed by atoms with Crippen LogP contribution in [0.15, 0.2) is 59.6 Å². The third kappa shape index (κ3) is 7.72. The lowest BCUT2D eigenvalue weighted by molar-refractivity contribution is -0.127.